The molecule has 0 unspecified atom stereocenters. The minimum atomic E-state index is -1.57. The van der Waals surface area contributed by atoms with E-state index in [-0.39, 0.29) is 5.41 Å². The first-order chi connectivity index (χ1) is 30.5. The summed E-state index contributed by atoms with van der Waals surface area (Å²) in [5.41, 5.74) is 18.1. The topological polar surface area (TPSA) is 38.7 Å². The van der Waals surface area contributed by atoms with Crippen molar-refractivity contribution in [1.82, 2.24) is 15.0 Å². The van der Waals surface area contributed by atoms with E-state index in [1.807, 2.05) is 0 Å². The van der Waals surface area contributed by atoms with E-state index in [4.69, 9.17) is 15.0 Å². The van der Waals surface area contributed by atoms with Crippen molar-refractivity contribution in [1.29, 1.82) is 0 Å². The van der Waals surface area contributed by atoms with Crippen LogP contribution in [0.5, 0.6) is 0 Å². The standard InChI is InChI=1S/C58H49N3Si2/c1-62(2,3)45-20-14-18-43(35-45)56-59-55(60-57(61-56)44-19-15-21-46(36-44)63(4,5)6)42-17-13-16-40(34-42)38-28-30-39(31-29-38)41-32-33-54-50(37-41)49-24-9-12-27-53(49)58(54)51-25-10-7-22-47(51)48-23-8-11-26-52(48)58/h7-37H,1-6H3. The second-order valence-corrected chi connectivity index (χ2v) is 29.4. The van der Waals surface area contributed by atoms with Crippen molar-refractivity contribution < 1.29 is 0 Å². The van der Waals surface area contributed by atoms with Gasteiger partial charge in [0, 0.05) is 16.7 Å². The number of rotatable bonds is 7. The molecule has 304 valence electrons. The summed E-state index contributed by atoms with van der Waals surface area (Å²) in [7, 11) is -3.14. The first-order valence-electron chi connectivity index (χ1n) is 22.1. The zero-order chi connectivity index (χ0) is 43.1. The Morgan fingerprint density at radius 3 is 1.10 bits per heavy atom. The first-order valence-corrected chi connectivity index (χ1v) is 29.1. The van der Waals surface area contributed by atoms with Crippen LogP contribution in [0.4, 0.5) is 0 Å². The molecular formula is C58H49N3Si2. The minimum absolute atomic E-state index is 0.331. The van der Waals surface area contributed by atoms with E-state index in [1.165, 1.54) is 66.0 Å². The molecule has 1 aromatic heterocycles. The zero-order valence-corrected chi connectivity index (χ0v) is 38.7. The molecule has 0 radical (unpaired) electrons. The van der Waals surface area contributed by atoms with E-state index < -0.39 is 16.1 Å². The molecule has 0 bridgehead atoms. The Hall–Kier alpha value is -6.80. The molecule has 0 atom stereocenters. The molecule has 1 spiro atoms. The number of fused-ring (bicyclic) bond motifs is 10. The van der Waals surface area contributed by atoms with Crippen LogP contribution in [0.2, 0.25) is 39.3 Å². The van der Waals surface area contributed by atoms with Crippen LogP contribution in [-0.2, 0) is 5.41 Å². The van der Waals surface area contributed by atoms with E-state index in [0.717, 1.165) is 27.8 Å². The van der Waals surface area contributed by atoms with Crippen LogP contribution in [-0.4, -0.2) is 31.1 Å². The lowest BCUT2D eigenvalue weighted by Gasteiger charge is -2.30. The Bertz CT molecular complexity index is 3140. The fraction of sp³-hybridized carbons (Fsp3) is 0.121. The molecule has 0 aliphatic heterocycles. The second-order valence-electron chi connectivity index (χ2n) is 19.3. The summed E-state index contributed by atoms with van der Waals surface area (Å²) in [5.74, 6) is 2.08. The van der Waals surface area contributed by atoms with E-state index in [2.05, 4.69) is 227 Å². The first kappa shape index (κ1) is 39.1. The number of nitrogens with zero attached hydrogens (tertiary/aromatic N) is 3. The Morgan fingerprint density at radius 1 is 0.286 bits per heavy atom. The summed E-state index contributed by atoms with van der Waals surface area (Å²) < 4.78 is 0. The molecule has 8 aromatic carbocycles. The van der Waals surface area contributed by atoms with Gasteiger partial charge in [-0.3, -0.25) is 0 Å². The van der Waals surface area contributed by atoms with Gasteiger partial charge in [-0.15, -0.1) is 0 Å². The highest BCUT2D eigenvalue weighted by Crippen LogP contribution is 2.63. The summed E-state index contributed by atoms with van der Waals surface area (Å²) in [4.78, 5) is 15.5. The van der Waals surface area contributed by atoms with Gasteiger partial charge >= 0.3 is 0 Å². The average molecular weight is 844 g/mol. The molecule has 0 fully saturated rings. The third-order valence-corrected chi connectivity index (χ3v) is 17.4. The fourth-order valence-electron chi connectivity index (χ4n) is 9.98. The van der Waals surface area contributed by atoms with Crippen LogP contribution >= 0.6 is 0 Å². The Labute approximate surface area is 373 Å². The van der Waals surface area contributed by atoms with Crippen molar-refractivity contribution in [2.24, 2.45) is 0 Å². The summed E-state index contributed by atoms with van der Waals surface area (Å²) in [5, 5.41) is 2.77. The molecule has 1 heterocycles. The van der Waals surface area contributed by atoms with Gasteiger partial charge in [0.05, 0.1) is 21.6 Å². The van der Waals surface area contributed by atoms with E-state index in [9.17, 15) is 0 Å². The summed E-state index contributed by atoms with van der Waals surface area (Å²) in [6, 6.07) is 69.4. The SMILES string of the molecule is C[Si](C)(C)c1cccc(-c2nc(-c3cccc(-c4ccc(-c5ccc6c(c5)-c5ccccc5C65c6ccccc6-c6ccccc65)cc4)c3)nc(-c3cccc([Si](C)(C)C)c3)n2)c1. The number of hydrogen-bond acceptors (Lipinski definition) is 3. The van der Waals surface area contributed by atoms with Crippen molar-refractivity contribution >= 4 is 26.5 Å². The number of hydrogen-bond donors (Lipinski definition) is 0. The van der Waals surface area contributed by atoms with Crippen LogP contribution in [0.1, 0.15) is 22.3 Å². The highest BCUT2D eigenvalue weighted by atomic mass is 28.3. The molecular weight excluding hydrogens is 795 g/mol. The van der Waals surface area contributed by atoms with E-state index in [1.54, 1.807) is 0 Å². The second kappa shape index (κ2) is 14.7. The van der Waals surface area contributed by atoms with Gasteiger partial charge in [0.1, 0.15) is 0 Å². The van der Waals surface area contributed by atoms with Gasteiger partial charge in [0.2, 0.25) is 0 Å². The lowest BCUT2D eigenvalue weighted by molar-refractivity contribution is 0.794. The lowest BCUT2D eigenvalue weighted by atomic mass is 9.70. The number of aromatic nitrogens is 3. The maximum absolute atomic E-state index is 5.18. The number of benzene rings is 8. The van der Waals surface area contributed by atoms with Gasteiger partial charge in [0.25, 0.3) is 0 Å². The van der Waals surface area contributed by atoms with Crippen LogP contribution < -0.4 is 10.4 Å². The smallest absolute Gasteiger partial charge is 0.164 e. The summed E-state index contributed by atoms with van der Waals surface area (Å²) >= 11 is 0. The summed E-state index contributed by atoms with van der Waals surface area (Å²) in [6.07, 6.45) is 0. The zero-order valence-electron chi connectivity index (χ0n) is 36.7. The van der Waals surface area contributed by atoms with Gasteiger partial charge in [0.15, 0.2) is 17.5 Å². The molecule has 9 aromatic rings. The highest BCUT2D eigenvalue weighted by molar-refractivity contribution is 6.89. The predicted octanol–water partition coefficient (Wildman–Crippen LogP) is 13.6. The highest BCUT2D eigenvalue weighted by Gasteiger charge is 2.51. The molecule has 0 saturated heterocycles. The van der Waals surface area contributed by atoms with Gasteiger partial charge in [-0.2, -0.15) is 0 Å². The van der Waals surface area contributed by atoms with Crippen molar-refractivity contribution in [3.8, 4) is 78.7 Å². The molecule has 0 saturated carbocycles. The summed E-state index contributed by atoms with van der Waals surface area (Å²) in [6.45, 7) is 14.3. The van der Waals surface area contributed by atoms with Gasteiger partial charge in [-0.1, -0.05) is 226 Å². The predicted molar refractivity (Wildman–Crippen MR) is 269 cm³/mol. The minimum Gasteiger partial charge on any atom is -0.208 e. The van der Waals surface area contributed by atoms with Crippen molar-refractivity contribution in [2.75, 3.05) is 0 Å². The monoisotopic (exact) mass is 843 g/mol. The molecule has 5 heteroatoms. The van der Waals surface area contributed by atoms with Crippen LogP contribution in [0.3, 0.4) is 0 Å². The molecule has 0 N–H and O–H groups in total. The Kier molecular flexibility index (Phi) is 9.09. The van der Waals surface area contributed by atoms with Gasteiger partial charge in [-0.05, 0) is 78.9 Å². The van der Waals surface area contributed by atoms with Gasteiger partial charge in [-0.25, -0.2) is 15.0 Å². The molecule has 2 aliphatic carbocycles. The fourth-order valence-corrected chi connectivity index (χ4v) is 12.4. The lowest BCUT2D eigenvalue weighted by Crippen LogP contribution is -2.37. The third kappa shape index (κ3) is 6.49. The molecule has 63 heavy (non-hydrogen) atoms. The van der Waals surface area contributed by atoms with Gasteiger partial charge < -0.3 is 0 Å². The van der Waals surface area contributed by atoms with Crippen LogP contribution in [0.25, 0.3) is 78.7 Å². The van der Waals surface area contributed by atoms with Crippen molar-refractivity contribution in [3.63, 3.8) is 0 Å². The average Bonchev–Trinajstić information content (AvgIpc) is 3.78. The Morgan fingerprint density at radius 2 is 0.635 bits per heavy atom. The van der Waals surface area contributed by atoms with Crippen LogP contribution in [0, 0.1) is 0 Å². The van der Waals surface area contributed by atoms with E-state index in [0.29, 0.717) is 17.5 Å². The largest absolute Gasteiger partial charge is 0.208 e. The third-order valence-electron chi connectivity index (χ3n) is 13.3. The van der Waals surface area contributed by atoms with E-state index >= 15 is 0 Å². The maximum Gasteiger partial charge on any atom is 0.164 e. The Balaban J connectivity index is 0.964. The quantitative estimate of drug-likeness (QED) is 0.150. The molecule has 11 rings (SSSR count). The molecule has 0 amide bonds. The van der Waals surface area contributed by atoms with Crippen molar-refractivity contribution in [3.05, 3.63) is 210 Å². The molecule has 3 nitrogen and oxygen atoms in total. The molecule has 2 aliphatic rings. The normalized spacial score (nSPS) is 13.4. The van der Waals surface area contributed by atoms with Crippen LogP contribution in [0.15, 0.2) is 188 Å². The maximum atomic E-state index is 5.18. The van der Waals surface area contributed by atoms with Crippen molar-refractivity contribution in [2.45, 2.75) is 44.7 Å².